The summed E-state index contributed by atoms with van der Waals surface area (Å²) in [5, 5.41) is 20.9. The third kappa shape index (κ3) is 7.97. The van der Waals surface area contributed by atoms with Crippen LogP contribution in [-0.2, 0) is 0 Å². The molecule has 0 N–H and O–H groups in total. The summed E-state index contributed by atoms with van der Waals surface area (Å²) in [6, 6.07) is 15.8. The van der Waals surface area contributed by atoms with Crippen LogP contribution in [0.25, 0.3) is 43.2 Å². The summed E-state index contributed by atoms with van der Waals surface area (Å²) in [6.07, 6.45) is 0. The van der Waals surface area contributed by atoms with Gasteiger partial charge >= 0.3 is 0 Å². The van der Waals surface area contributed by atoms with E-state index in [2.05, 4.69) is 47.7 Å². The third-order valence-electron chi connectivity index (χ3n) is 9.83. The second kappa shape index (κ2) is 17.4. The van der Waals surface area contributed by atoms with Gasteiger partial charge in [0.2, 0.25) is 0 Å². The van der Waals surface area contributed by atoms with Crippen LogP contribution in [0.2, 0.25) is 0 Å². The number of anilines is 2. The number of benzene rings is 2. The van der Waals surface area contributed by atoms with Crippen molar-refractivity contribution in [2.45, 2.75) is 27.7 Å². The molecule has 4 aromatic heterocycles. The molecule has 0 radical (unpaired) electrons. The summed E-state index contributed by atoms with van der Waals surface area (Å²) in [4.78, 5) is 29.2. The van der Waals surface area contributed by atoms with Gasteiger partial charge in [0, 0.05) is 62.5 Å². The fraction of sp³-hybridized carbons (Fsp3) is 0.366. The second-order valence-corrected chi connectivity index (χ2v) is 15.1. The predicted molar refractivity (Wildman–Crippen MR) is 224 cm³/mol. The summed E-state index contributed by atoms with van der Waals surface area (Å²) in [5.74, 6) is 5.68. The molecule has 0 atom stereocenters. The van der Waals surface area contributed by atoms with E-state index in [-0.39, 0.29) is 0 Å². The van der Waals surface area contributed by atoms with Crippen molar-refractivity contribution < 1.29 is 18.9 Å². The molecule has 290 valence electrons. The lowest BCUT2D eigenvalue weighted by molar-refractivity contribution is 0.312. The van der Waals surface area contributed by atoms with E-state index in [0.29, 0.717) is 44.4 Å². The minimum absolute atomic E-state index is 0.590. The second-order valence-electron chi connectivity index (χ2n) is 13.1. The average molecular weight is 792 g/mol. The Labute approximate surface area is 335 Å². The molecule has 0 bridgehead atoms. The molecule has 2 aromatic carbocycles. The first kappa shape index (κ1) is 39.9. The summed E-state index contributed by atoms with van der Waals surface area (Å²) >= 11 is 2.82. The monoisotopic (exact) mass is 791 g/mol. The molecular weight excluding hydrogens is 747 g/mol. The van der Waals surface area contributed by atoms with Gasteiger partial charge in [-0.1, -0.05) is 0 Å². The van der Waals surface area contributed by atoms with Gasteiger partial charge in [0.05, 0.1) is 39.2 Å². The third-order valence-corrected chi connectivity index (χ3v) is 12.0. The maximum Gasteiger partial charge on any atom is 0.163 e. The lowest BCUT2D eigenvalue weighted by Gasteiger charge is -2.33. The number of likely N-dealkylation sites (N-methyl/N-ethyl adjacent to an activating group) is 1. The number of hydrogen-bond acceptors (Lipinski definition) is 15. The molecule has 0 aliphatic carbocycles. The van der Waals surface area contributed by atoms with Crippen LogP contribution in [0.5, 0.6) is 23.0 Å². The van der Waals surface area contributed by atoms with Crippen molar-refractivity contribution in [1.82, 2.24) is 24.8 Å². The van der Waals surface area contributed by atoms with Gasteiger partial charge in [-0.25, -0.2) is 19.9 Å². The Morgan fingerprint density at radius 2 is 1.07 bits per heavy atom. The molecule has 1 aliphatic heterocycles. The molecule has 7 rings (SSSR count). The number of thiophene rings is 2. The van der Waals surface area contributed by atoms with E-state index < -0.39 is 0 Å². The lowest BCUT2D eigenvalue weighted by atomic mass is 10.1. The molecule has 0 saturated carbocycles. The number of nitriles is 2. The van der Waals surface area contributed by atoms with Gasteiger partial charge in [-0.05, 0) is 70.1 Å². The molecule has 1 aliphatic rings. The maximum absolute atomic E-state index is 9.54. The topological polar surface area (TPSA) is 146 Å². The largest absolute Gasteiger partial charge is 0.497 e. The van der Waals surface area contributed by atoms with E-state index in [0.717, 1.165) is 93.6 Å². The fourth-order valence-electron chi connectivity index (χ4n) is 6.58. The Hall–Kier alpha value is -5.74. The number of fused-ring (bicyclic) bond motifs is 2. The van der Waals surface area contributed by atoms with Gasteiger partial charge < -0.3 is 33.6 Å². The number of rotatable bonds is 10. The number of ether oxygens (including phenoxy) is 4. The van der Waals surface area contributed by atoms with E-state index in [4.69, 9.17) is 38.9 Å². The Balaban J connectivity index is 0.000000190. The van der Waals surface area contributed by atoms with E-state index in [1.807, 2.05) is 50.2 Å². The molecule has 13 nitrogen and oxygen atoms in total. The van der Waals surface area contributed by atoms with Crippen LogP contribution >= 0.6 is 22.7 Å². The highest BCUT2D eigenvalue weighted by atomic mass is 32.1. The van der Waals surface area contributed by atoms with Crippen molar-refractivity contribution >= 4 is 54.7 Å². The summed E-state index contributed by atoms with van der Waals surface area (Å²) in [5.41, 5.74) is 3.53. The Bertz CT molecular complexity index is 2410. The van der Waals surface area contributed by atoms with Gasteiger partial charge in [-0.15, -0.1) is 22.7 Å². The molecule has 0 spiro atoms. The zero-order valence-electron chi connectivity index (χ0n) is 33.2. The highest BCUT2D eigenvalue weighted by Gasteiger charge is 2.24. The molecular formula is C41H45N9O4S2. The van der Waals surface area contributed by atoms with Gasteiger partial charge in [-0.2, -0.15) is 10.5 Å². The summed E-state index contributed by atoms with van der Waals surface area (Å²) in [7, 11) is 8.61. The SMILES string of the molecule is CCN(CC)c1nc(-c2cc(OC)cc(OC)c2)nc2sc(C#N)c(C)c12.COc1cc(OC)cc(-c2nc(N3CCN(C)CC3)c3c(C)c(C#N)sc3n2)c1. The maximum atomic E-state index is 9.54. The molecule has 0 amide bonds. The van der Waals surface area contributed by atoms with Crippen LogP contribution in [0, 0.1) is 36.5 Å². The number of aromatic nitrogens is 4. The zero-order valence-corrected chi connectivity index (χ0v) is 34.8. The molecule has 6 aromatic rings. The van der Waals surface area contributed by atoms with Gasteiger partial charge in [0.15, 0.2) is 11.6 Å². The van der Waals surface area contributed by atoms with E-state index in [1.165, 1.54) is 22.7 Å². The lowest BCUT2D eigenvalue weighted by Crippen LogP contribution is -2.45. The molecule has 0 unspecified atom stereocenters. The smallest absolute Gasteiger partial charge is 0.163 e. The standard InChI is InChI=1S/C21H23N5O2S.C20H22N4O2S/c1-13-17(12-22)29-21-18(13)20(26-7-5-25(2)6-8-26)23-19(24-21)14-9-15(27-3)11-16(10-14)28-4;1-6-24(7-2)19-17-12(3)16(11-21)27-20(17)23-18(22-19)13-8-14(25-4)10-15(9-13)26-5/h9-11H,5-8H2,1-4H3;8-10H,6-7H2,1-5H3. The van der Waals surface area contributed by atoms with Crippen molar-refractivity contribution in [1.29, 1.82) is 10.5 Å². The quantitative estimate of drug-likeness (QED) is 0.134. The Morgan fingerprint density at radius 3 is 1.50 bits per heavy atom. The van der Waals surface area contributed by atoms with E-state index in [9.17, 15) is 10.5 Å². The van der Waals surface area contributed by atoms with Gasteiger partial charge in [0.25, 0.3) is 0 Å². The van der Waals surface area contributed by atoms with Crippen molar-refractivity contribution in [3.8, 4) is 57.9 Å². The highest BCUT2D eigenvalue weighted by molar-refractivity contribution is 7.19. The van der Waals surface area contributed by atoms with Crippen LogP contribution in [0.1, 0.15) is 34.7 Å². The van der Waals surface area contributed by atoms with Gasteiger partial charge in [0.1, 0.15) is 66.2 Å². The zero-order chi connectivity index (χ0) is 40.1. The van der Waals surface area contributed by atoms with Crippen LogP contribution in [0.3, 0.4) is 0 Å². The first-order chi connectivity index (χ1) is 27.1. The van der Waals surface area contributed by atoms with Crippen LogP contribution in [0.4, 0.5) is 11.6 Å². The fourth-order valence-corrected chi connectivity index (χ4v) is 8.52. The number of methoxy groups -OCH3 is 4. The molecule has 5 heterocycles. The molecule has 56 heavy (non-hydrogen) atoms. The molecule has 1 saturated heterocycles. The van der Waals surface area contributed by atoms with Crippen LogP contribution < -0.4 is 28.7 Å². The van der Waals surface area contributed by atoms with Crippen molar-refractivity contribution in [3.63, 3.8) is 0 Å². The summed E-state index contributed by atoms with van der Waals surface area (Å²) < 4.78 is 21.6. The highest BCUT2D eigenvalue weighted by Crippen LogP contribution is 2.40. The Kier molecular flexibility index (Phi) is 12.4. The van der Waals surface area contributed by atoms with Crippen molar-refractivity contribution in [2.75, 3.05) is 84.6 Å². The number of piperazine rings is 1. The first-order valence-corrected chi connectivity index (χ1v) is 19.8. The predicted octanol–water partition coefficient (Wildman–Crippen LogP) is 7.71. The number of aryl methyl sites for hydroxylation is 2. The van der Waals surface area contributed by atoms with Gasteiger partial charge in [-0.3, -0.25) is 0 Å². The Morgan fingerprint density at radius 1 is 0.643 bits per heavy atom. The number of nitrogens with zero attached hydrogens (tertiary/aromatic N) is 9. The number of hydrogen-bond donors (Lipinski definition) is 0. The average Bonchev–Trinajstić information content (AvgIpc) is 3.75. The van der Waals surface area contributed by atoms with Crippen LogP contribution in [-0.4, -0.2) is 99.6 Å². The first-order valence-electron chi connectivity index (χ1n) is 18.2. The van der Waals surface area contributed by atoms with E-state index in [1.54, 1.807) is 28.4 Å². The summed E-state index contributed by atoms with van der Waals surface area (Å²) in [6.45, 7) is 13.5. The minimum atomic E-state index is 0.590. The van der Waals surface area contributed by atoms with Crippen molar-refractivity contribution in [2.24, 2.45) is 0 Å². The van der Waals surface area contributed by atoms with E-state index >= 15 is 0 Å². The molecule has 1 fully saturated rings. The van der Waals surface area contributed by atoms with Crippen molar-refractivity contribution in [3.05, 3.63) is 57.3 Å². The van der Waals surface area contributed by atoms with Crippen LogP contribution in [0.15, 0.2) is 36.4 Å². The minimum Gasteiger partial charge on any atom is -0.497 e. The normalized spacial score (nSPS) is 12.8. The molecule has 15 heteroatoms.